The predicted molar refractivity (Wildman–Crippen MR) is 82.4 cm³/mol. The molecule has 22 heavy (non-hydrogen) atoms. The molecule has 1 aromatic rings. The summed E-state index contributed by atoms with van der Waals surface area (Å²) in [5.41, 5.74) is 1.18. The number of carbonyl (C=O) groups is 2. The number of hydrogen-bond acceptors (Lipinski definition) is 2. The number of carbonyl (C=O) groups excluding carboxylic acids is 1. The van der Waals surface area contributed by atoms with Crippen LogP contribution in [0.15, 0.2) is 30.3 Å². The summed E-state index contributed by atoms with van der Waals surface area (Å²) in [6.45, 7) is 2.57. The van der Waals surface area contributed by atoms with E-state index in [1.807, 2.05) is 35.2 Å². The number of nitrogens with zero attached hydrogens (tertiary/aromatic N) is 2. The molecule has 0 bridgehead atoms. The Morgan fingerprint density at radius 2 is 1.73 bits per heavy atom. The lowest BCUT2D eigenvalue weighted by Gasteiger charge is -2.45. The standard InChI is InChI=1S/C17H22N2O3/c20-15-12-17(6-9-18(10-7-17)16(21)22)8-11-19(15)13-14-4-2-1-3-5-14/h1-5H,6-13H2,(H,21,22). The third kappa shape index (κ3) is 3.08. The maximum Gasteiger partial charge on any atom is 0.407 e. The predicted octanol–water partition coefficient (Wildman–Crippen LogP) is 2.57. The van der Waals surface area contributed by atoms with E-state index in [0.29, 0.717) is 26.1 Å². The first-order chi connectivity index (χ1) is 10.6. The second-order valence-electron chi connectivity index (χ2n) is 6.50. The molecule has 118 valence electrons. The van der Waals surface area contributed by atoms with Crippen LogP contribution in [0.4, 0.5) is 4.79 Å². The molecule has 2 aliphatic heterocycles. The Morgan fingerprint density at radius 3 is 2.32 bits per heavy atom. The lowest BCUT2D eigenvalue weighted by atomic mass is 9.71. The smallest absolute Gasteiger partial charge is 0.407 e. The van der Waals surface area contributed by atoms with E-state index < -0.39 is 6.09 Å². The van der Waals surface area contributed by atoms with E-state index in [1.54, 1.807) is 0 Å². The minimum absolute atomic E-state index is 0.0240. The maximum absolute atomic E-state index is 12.5. The van der Waals surface area contributed by atoms with Crippen molar-refractivity contribution in [3.8, 4) is 0 Å². The Labute approximate surface area is 130 Å². The van der Waals surface area contributed by atoms with Crippen LogP contribution in [-0.4, -0.2) is 46.5 Å². The molecule has 0 aromatic heterocycles. The van der Waals surface area contributed by atoms with Crippen LogP contribution in [0.1, 0.15) is 31.2 Å². The van der Waals surface area contributed by atoms with Gasteiger partial charge in [0.25, 0.3) is 0 Å². The fourth-order valence-electron chi connectivity index (χ4n) is 3.59. The van der Waals surface area contributed by atoms with Crippen LogP contribution < -0.4 is 0 Å². The zero-order valence-corrected chi connectivity index (χ0v) is 12.7. The van der Waals surface area contributed by atoms with Crippen molar-refractivity contribution in [3.63, 3.8) is 0 Å². The van der Waals surface area contributed by atoms with Gasteiger partial charge in [-0.25, -0.2) is 4.79 Å². The zero-order chi connectivity index (χ0) is 15.6. The molecule has 0 radical (unpaired) electrons. The second kappa shape index (κ2) is 5.99. The van der Waals surface area contributed by atoms with Gasteiger partial charge in [0.05, 0.1) is 0 Å². The van der Waals surface area contributed by atoms with Crippen molar-refractivity contribution in [2.75, 3.05) is 19.6 Å². The van der Waals surface area contributed by atoms with Gasteiger partial charge in [-0.2, -0.15) is 0 Å². The number of rotatable bonds is 2. The number of amides is 2. The Hall–Kier alpha value is -2.04. The minimum Gasteiger partial charge on any atom is -0.465 e. The van der Waals surface area contributed by atoms with Gasteiger partial charge in [-0.1, -0.05) is 30.3 Å². The molecule has 2 heterocycles. The molecule has 2 amide bonds. The molecular formula is C17H22N2O3. The van der Waals surface area contributed by atoms with Gasteiger partial charge in [0.1, 0.15) is 0 Å². The molecule has 0 aliphatic carbocycles. The van der Waals surface area contributed by atoms with Gasteiger partial charge in [0, 0.05) is 32.6 Å². The number of piperidine rings is 2. The Kier molecular flexibility index (Phi) is 4.05. The average molecular weight is 302 g/mol. The van der Waals surface area contributed by atoms with Gasteiger partial charge in [-0.3, -0.25) is 4.79 Å². The fraction of sp³-hybridized carbons (Fsp3) is 0.529. The molecule has 2 fully saturated rings. The van der Waals surface area contributed by atoms with E-state index >= 15 is 0 Å². The molecule has 5 nitrogen and oxygen atoms in total. The summed E-state index contributed by atoms with van der Waals surface area (Å²) in [5, 5.41) is 9.03. The summed E-state index contributed by atoms with van der Waals surface area (Å²) in [5.74, 6) is 0.207. The summed E-state index contributed by atoms with van der Waals surface area (Å²) < 4.78 is 0. The lowest BCUT2D eigenvalue weighted by molar-refractivity contribution is -0.140. The summed E-state index contributed by atoms with van der Waals surface area (Å²) >= 11 is 0. The second-order valence-corrected chi connectivity index (χ2v) is 6.50. The number of likely N-dealkylation sites (tertiary alicyclic amines) is 2. The van der Waals surface area contributed by atoms with E-state index in [1.165, 1.54) is 4.90 Å². The normalized spacial score (nSPS) is 21.2. The largest absolute Gasteiger partial charge is 0.465 e. The van der Waals surface area contributed by atoms with Gasteiger partial charge < -0.3 is 14.9 Å². The minimum atomic E-state index is -0.845. The van der Waals surface area contributed by atoms with Gasteiger partial charge in [-0.05, 0) is 30.2 Å². The molecule has 2 aliphatic rings. The van der Waals surface area contributed by atoms with E-state index in [0.717, 1.165) is 31.4 Å². The highest BCUT2D eigenvalue weighted by Gasteiger charge is 2.41. The summed E-state index contributed by atoms with van der Waals surface area (Å²) in [7, 11) is 0. The number of benzene rings is 1. The van der Waals surface area contributed by atoms with Crippen LogP contribution in [0, 0.1) is 5.41 Å². The van der Waals surface area contributed by atoms with Crippen LogP contribution >= 0.6 is 0 Å². The molecule has 0 saturated carbocycles. The molecule has 1 N–H and O–H groups in total. The van der Waals surface area contributed by atoms with E-state index in [2.05, 4.69) is 0 Å². The highest BCUT2D eigenvalue weighted by atomic mass is 16.4. The van der Waals surface area contributed by atoms with Crippen LogP contribution in [0.3, 0.4) is 0 Å². The van der Waals surface area contributed by atoms with Gasteiger partial charge >= 0.3 is 6.09 Å². The topological polar surface area (TPSA) is 60.9 Å². The Bertz CT molecular complexity index is 550. The van der Waals surface area contributed by atoms with Crippen molar-refractivity contribution in [3.05, 3.63) is 35.9 Å². The van der Waals surface area contributed by atoms with Crippen LogP contribution in [0.5, 0.6) is 0 Å². The monoisotopic (exact) mass is 302 g/mol. The van der Waals surface area contributed by atoms with Crippen molar-refractivity contribution in [1.82, 2.24) is 9.80 Å². The highest BCUT2D eigenvalue weighted by Crippen LogP contribution is 2.41. The summed E-state index contributed by atoms with van der Waals surface area (Å²) in [6.07, 6.45) is 2.32. The highest BCUT2D eigenvalue weighted by molar-refractivity contribution is 5.78. The van der Waals surface area contributed by atoms with Crippen molar-refractivity contribution < 1.29 is 14.7 Å². The van der Waals surface area contributed by atoms with Gasteiger partial charge in [-0.15, -0.1) is 0 Å². The molecule has 1 aromatic carbocycles. The van der Waals surface area contributed by atoms with Crippen molar-refractivity contribution in [1.29, 1.82) is 0 Å². The molecule has 2 saturated heterocycles. The van der Waals surface area contributed by atoms with Crippen molar-refractivity contribution >= 4 is 12.0 Å². The van der Waals surface area contributed by atoms with Gasteiger partial charge in [0.2, 0.25) is 5.91 Å². The van der Waals surface area contributed by atoms with E-state index in [-0.39, 0.29) is 11.3 Å². The number of hydrogen-bond donors (Lipinski definition) is 1. The lowest BCUT2D eigenvalue weighted by Crippen LogP contribution is -2.49. The first-order valence-corrected chi connectivity index (χ1v) is 7.88. The first kappa shape index (κ1) is 14.9. The van der Waals surface area contributed by atoms with E-state index in [9.17, 15) is 9.59 Å². The number of carboxylic acid groups (broad SMARTS) is 1. The molecular weight excluding hydrogens is 280 g/mol. The zero-order valence-electron chi connectivity index (χ0n) is 12.7. The van der Waals surface area contributed by atoms with Crippen molar-refractivity contribution in [2.45, 2.75) is 32.2 Å². The van der Waals surface area contributed by atoms with Gasteiger partial charge in [0.15, 0.2) is 0 Å². The van der Waals surface area contributed by atoms with Crippen molar-refractivity contribution in [2.24, 2.45) is 5.41 Å². The molecule has 1 spiro atoms. The quantitative estimate of drug-likeness (QED) is 0.913. The molecule has 0 unspecified atom stereocenters. The average Bonchev–Trinajstić information content (AvgIpc) is 2.52. The molecule has 5 heteroatoms. The van der Waals surface area contributed by atoms with Crippen LogP contribution in [0.25, 0.3) is 0 Å². The van der Waals surface area contributed by atoms with Crippen LogP contribution in [-0.2, 0) is 11.3 Å². The fourth-order valence-corrected chi connectivity index (χ4v) is 3.59. The summed E-state index contributed by atoms with van der Waals surface area (Å²) in [4.78, 5) is 26.9. The molecule has 0 atom stereocenters. The van der Waals surface area contributed by atoms with E-state index in [4.69, 9.17) is 5.11 Å². The third-order valence-electron chi connectivity index (χ3n) is 5.10. The maximum atomic E-state index is 12.5. The molecule has 3 rings (SSSR count). The third-order valence-corrected chi connectivity index (χ3v) is 5.10. The van der Waals surface area contributed by atoms with Crippen LogP contribution in [0.2, 0.25) is 0 Å². The Morgan fingerprint density at radius 1 is 1.09 bits per heavy atom. The SMILES string of the molecule is O=C(O)N1CCC2(CC1)CCN(Cc1ccccc1)C(=O)C2. The first-order valence-electron chi connectivity index (χ1n) is 7.88. The Balaban J connectivity index is 1.59. The summed E-state index contributed by atoms with van der Waals surface area (Å²) in [6, 6.07) is 10.1.